The number of rotatable bonds is 6. The minimum atomic E-state index is -0.988. The van der Waals surface area contributed by atoms with Gasteiger partial charge in [0.1, 0.15) is 30.2 Å². The van der Waals surface area contributed by atoms with Crippen LogP contribution in [0.2, 0.25) is 0 Å². The number of aliphatic hydroxyl groups excluding tert-OH is 2. The fourth-order valence-electron chi connectivity index (χ4n) is 2.60. The molecule has 1 fully saturated rings. The van der Waals surface area contributed by atoms with Crippen LogP contribution >= 0.6 is 0 Å². The normalized spacial score (nSPS) is 27.8. The second kappa shape index (κ2) is 6.72. The first-order valence-corrected chi connectivity index (χ1v) is 7.15. The Bertz CT molecular complexity index is 665. The van der Waals surface area contributed by atoms with Gasteiger partial charge in [0.25, 0.3) is 0 Å². The molecule has 0 amide bonds. The number of aliphatic hydroxyl groups is 2. The molecule has 23 heavy (non-hydrogen) atoms. The van der Waals surface area contributed by atoms with Gasteiger partial charge in [0.05, 0.1) is 26.1 Å². The minimum Gasteiger partial charge on any atom is -0.394 e. The summed E-state index contributed by atoms with van der Waals surface area (Å²) < 4.78 is 17.9. The van der Waals surface area contributed by atoms with Gasteiger partial charge in [-0.15, -0.1) is 0 Å². The van der Waals surface area contributed by atoms with Crippen LogP contribution in [0.15, 0.2) is 12.7 Å². The monoisotopic (exact) mass is 325 g/mol. The second-order valence-electron chi connectivity index (χ2n) is 5.15. The van der Waals surface area contributed by atoms with Crippen molar-refractivity contribution in [1.29, 1.82) is 0 Å². The van der Waals surface area contributed by atoms with E-state index in [4.69, 9.17) is 19.9 Å². The Morgan fingerprint density at radius 2 is 2.17 bits per heavy atom. The molecule has 0 bridgehead atoms. The molecular formula is C13H19N5O5. The second-order valence-corrected chi connectivity index (χ2v) is 5.15. The standard InChI is InChI=1S/C13H19N5O5/c1-21-2-3-22-10-9(20)7(4-19)23-13(10)18-6-17-8-11(14)15-5-16-12(8)18/h5-7,9-10,13,19-20H,2-4H2,1H3,(H2,14,15,16)/t7-,9-,10?,13-/m1/s1. The molecule has 2 aromatic heterocycles. The molecule has 1 aliphatic heterocycles. The third-order valence-corrected chi connectivity index (χ3v) is 3.75. The number of fused-ring (bicyclic) bond motifs is 1. The summed E-state index contributed by atoms with van der Waals surface area (Å²) in [5.74, 6) is 0.253. The molecule has 0 aromatic carbocycles. The largest absolute Gasteiger partial charge is 0.394 e. The third-order valence-electron chi connectivity index (χ3n) is 3.75. The molecule has 0 spiro atoms. The van der Waals surface area contributed by atoms with Crippen molar-refractivity contribution < 1.29 is 24.4 Å². The zero-order valence-corrected chi connectivity index (χ0v) is 12.6. The van der Waals surface area contributed by atoms with Gasteiger partial charge in [0, 0.05) is 7.11 Å². The van der Waals surface area contributed by atoms with E-state index in [1.165, 1.54) is 12.7 Å². The predicted octanol–water partition coefficient (Wildman–Crippen LogP) is -1.31. The first-order valence-electron chi connectivity index (χ1n) is 7.15. The van der Waals surface area contributed by atoms with Gasteiger partial charge in [0.2, 0.25) is 0 Å². The van der Waals surface area contributed by atoms with E-state index in [0.29, 0.717) is 17.8 Å². The molecule has 126 valence electrons. The van der Waals surface area contributed by atoms with E-state index in [1.54, 1.807) is 11.7 Å². The summed E-state index contributed by atoms with van der Waals surface area (Å²) in [6.45, 7) is 0.324. The van der Waals surface area contributed by atoms with Crippen LogP contribution in [0.5, 0.6) is 0 Å². The Morgan fingerprint density at radius 3 is 2.91 bits per heavy atom. The summed E-state index contributed by atoms with van der Waals surface area (Å²) in [5.41, 5.74) is 6.68. The van der Waals surface area contributed by atoms with Crippen molar-refractivity contribution in [3.05, 3.63) is 12.7 Å². The molecule has 0 radical (unpaired) electrons. The number of nitrogens with two attached hydrogens (primary N) is 1. The van der Waals surface area contributed by atoms with Gasteiger partial charge in [-0.2, -0.15) is 0 Å². The van der Waals surface area contributed by atoms with Crippen molar-refractivity contribution in [3.8, 4) is 0 Å². The molecule has 10 heteroatoms. The Labute approximate surface area is 131 Å². The Kier molecular flexibility index (Phi) is 4.68. The molecular weight excluding hydrogens is 306 g/mol. The number of imidazole rings is 1. The molecule has 4 atom stereocenters. The topological polar surface area (TPSA) is 138 Å². The van der Waals surface area contributed by atoms with E-state index >= 15 is 0 Å². The highest BCUT2D eigenvalue weighted by Gasteiger charge is 2.45. The smallest absolute Gasteiger partial charge is 0.167 e. The summed E-state index contributed by atoms with van der Waals surface area (Å²) in [5, 5.41) is 19.7. The number of hydrogen-bond donors (Lipinski definition) is 3. The maximum atomic E-state index is 10.3. The van der Waals surface area contributed by atoms with Crippen LogP contribution in [0, 0.1) is 0 Å². The van der Waals surface area contributed by atoms with Crippen molar-refractivity contribution in [2.75, 3.05) is 32.7 Å². The summed E-state index contributed by atoms with van der Waals surface area (Å²) in [7, 11) is 1.56. The molecule has 2 aromatic rings. The van der Waals surface area contributed by atoms with Crippen molar-refractivity contribution in [3.63, 3.8) is 0 Å². The van der Waals surface area contributed by atoms with Gasteiger partial charge in [-0.1, -0.05) is 0 Å². The van der Waals surface area contributed by atoms with E-state index in [9.17, 15) is 10.2 Å². The average molecular weight is 325 g/mol. The van der Waals surface area contributed by atoms with Gasteiger partial charge in [0.15, 0.2) is 17.7 Å². The Hall–Kier alpha value is -1.85. The zero-order valence-electron chi connectivity index (χ0n) is 12.6. The highest BCUT2D eigenvalue weighted by molar-refractivity contribution is 5.81. The quantitative estimate of drug-likeness (QED) is 0.553. The minimum absolute atomic E-state index is 0.253. The summed E-state index contributed by atoms with van der Waals surface area (Å²) in [4.78, 5) is 12.2. The number of nitrogen functional groups attached to an aromatic ring is 1. The van der Waals surface area contributed by atoms with Crippen LogP contribution in [0.3, 0.4) is 0 Å². The lowest BCUT2D eigenvalue weighted by Crippen LogP contribution is -2.36. The third kappa shape index (κ3) is 2.86. The molecule has 3 rings (SSSR count). The van der Waals surface area contributed by atoms with E-state index in [1.807, 2.05) is 0 Å². The predicted molar refractivity (Wildman–Crippen MR) is 78.4 cm³/mol. The van der Waals surface area contributed by atoms with Gasteiger partial charge >= 0.3 is 0 Å². The van der Waals surface area contributed by atoms with Crippen LogP contribution in [-0.4, -0.2) is 75.0 Å². The Balaban J connectivity index is 1.92. The molecule has 10 nitrogen and oxygen atoms in total. The number of ether oxygens (including phenoxy) is 3. The fraction of sp³-hybridized carbons (Fsp3) is 0.615. The lowest BCUT2D eigenvalue weighted by Gasteiger charge is -2.21. The number of methoxy groups -OCH3 is 1. The molecule has 0 aliphatic carbocycles. The summed E-state index contributed by atoms with van der Waals surface area (Å²) in [6.07, 6.45) is -0.317. The highest BCUT2D eigenvalue weighted by Crippen LogP contribution is 2.33. The van der Waals surface area contributed by atoms with Gasteiger partial charge in [-0.25, -0.2) is 15.0 Å². The van der Waals surface area contributed by atoms with Crippen LogP contribution in [-0.2, 0) is 14.2 Å². The SMILES string of the molecule is COCCOC1[C@H](n2cnc3c(N)ncnc32)O[C@H](CO)[C@H]1O. The zero-order chi connectivity index (χ0) is 16.4. The average Bonchev–Trinajstić information content (AvgIpc) is 3.10. The van der Waals surface area contributed by atoms with Crippen LogP contribution in [0.1, 0.15) is 6.23 Å². The molecule has 1 saturated heterocycles. The summed E-state index contributed by atoms with van der Waals surface area (Å²) in [6, 6.07) is 0. The lowest BCUT2D eigenvalue weighted by molar-refractivity contribution is -0.0785. The van der Waals surface area contributed by atoms with Crippen molar-refractivity contribution in [2.45, 2.75) is 24.5 Å². The van der Waals surface area contributed by atoms with Crippen molar-refractivity contribution >= 4 is 17.0 Å². The summed E-state index contributed by atoms with van der Waals surface area (Å²) >= 11 is 0. The number of anilines is 1. The molecule has 1 aliphatic rings. The number of aromatic nitrogens is 4. The van der Waals surface area contributed by atoms with Gasteiger partial charge in [-0.05, 0) is 0 Å². The first-order chi connectivity index (χ1) is 11.2. The maximum Gasteiger partial charge on any atom is 0.167 e. The van der Waals surface area contributed by atoms with Crippen molar-refractivity contribution in [1.82, 2.24) is 19.5 Å². The highest BCUT2D eigenvalue weighted by atomic mass is 16.6. The van der Waals surface area contributed by atoms with Gasteiger partial charge in [-0.3, -0.25) is 4.57 Å². The van der Waals surface area contributed by atoms with Crippen LogP contribution in [0.4, 0.5) is 5.82 Å². The Morgan fingerprint density at radius 1 is 1.35 bits per heavy atom. The first kappa shape index (κ1) is 16.0. The molecule has 0 saturated carbocycles. The van der Waals surface area contributed by atoms with E-state index < -0.39 is 24.5 Å². The van der Waals surface area contributed by atoms with E-state index in [0.717, 1.165) is 0 Å². The van der Waals surface area contributed by atoms with E-state index in [-0.39, 0.29) is 19.0 Å². The van der Waals surface area contributed by atoms with Crippen LogP contribution < -0.4 is 5.73 Å². The van der Waals surface area contributed by atoms with Crippen molar-refractivity contribution in [2.24, 2.45) is 0 Å². The fourth-order valence-corrected chi connectivity index (χ4v) is 2.60. The van der Waals surface area contributed by atoms with E-state index in [2.05, 4.69) is 15.0 Å². The maximum absolute atomic E-state index is 10.3. The molecule has 3 heterocycles. The molecule has 4 N–H and O–H groups in total. The lowest BCUT2D eigenvalue weighted by atomic mass is 10.1. The van der Waals surface area contributed by atoms with Crippen LogP contribution in [0.25, 0.3) is 11.2 Å². The molecule has 1 unspecified atom stereocenters. The number of nitrogens with zero attached hydrogens (tertiary/aromatic N) is 4. The van der Waals surface area contributed by atoms with Gasteiger partial charge < -0.3 is 30.2 Å². The number of hydrogen-bond acceptors (Lipinski definition) is 9.